The fourth-order valence-corrected chi connectivity index (χ4v) is 3.91. The first-order valence-corrected chi connectivity index (χ1v) is 8.15. The zero-order valence-electron chi connectivity index (χ0n) is 12.2. The first-order chi connectivity index (χ1) is 11.2. The summed E-state index contributed by atoms with van der Waals surface area (Å²) >= 11 is 1.52. The number of phenolic OH excluding ortho intramolecular Hbond substituents is 2. The minimum Gasteiger partial charge on any atom is -0.507 e. The molecule has 23 heavy (non-hydrogen) atoms. The van der Waals surface area contributed by atoms with E-state index in [1.54, 1.807) is 12.1 Å². The quantitative estimate of drug-likeness (QED) is 0.508. The third kappa shape index (κ3) is 2.39. The maximum absolute atomic E-state index is 10.3. The average molecular weight is 318 g/mol. The molecule has 0 saturated heterocycles. The molecule has 0 heterocycles. The van der Waals surface area contributed by atoms with Crippen molar-refractivity contribution in [2.24, 2.45) is 0 Å². The number of benzene rings is 4. The summed E-state index contributed by atoms with van der Waals surface area (Å²) in [7, 11) is 0. The van der Waals surface area contributed by atoms with Crippen molar-refractivity contribution in [2.75, 3.05) is 0 Å². The minimum absolute atomic E-state index is 0.269. The Labute approximate surface area is 138 Å². The normalized spacial score (nSPS) is 11.1. The summed E-state index contributed by atoms with van der Waals surface area (Å²) in [5.74, 6) is 0.540. The van der Waals surface area contributed by atoms with Gasteiger partial charge in [0.25, 0.3) is 0 Å². The summed E-state index contributed by atoms with van der Waals surface area (Å²) in [4.78, 5) is 1.84. The molecule has 0 radical (unpaired) electrons. The van der Waals surface area contributed by atoms with Gasteiger partial charge in [0.2, 0.25) is 0 Å². The van der Waals surface area contributed by atoms with Gasteiger partial charge in [0, 0.05) is 10.3 Å². The summed E-state index contributed by atoms with van der Waals surface area (Å²) in [6, 6.07) is 23.0. The van der Waals surface area contributed by atoms with Crippen molar-refractivity contribution >= 4 is 33.3 Å². The molecule has 0 atom stereocenters. The molecule has 112 valence electrons. The first-order valence-electron chi connectivity index (χ1n) is 7.33. The molecule has 0 aliphatic heterocycles. The highest BCUT2D eigenvalue weighted by atomic mass is 32.2. The van der Waals surface area contributed by atoms with Crippen LogP contribution in [0.25, 0.3) is 21.5 Å². The van der Waals surface area contributed by atoms with E-state index in [1.165, 1.54) is 11.8 Å². The van der Waals surface area contributed by atoms with Crippen molar-refractivity contribution in [1.29, 1.82) is 0 Å². The number of phenols is 2. The molecule has 0 aromatic heterocycles. The van der Waals surface area contributed by atoms with Gasteiger partial charge >= 0.3 is 0 Å². The fourth-order valence-electron chi connectivity index (χ4n) is 2.79. The van der Waals surface area contributed by atoms with Crippen molar-refractivity contribution in [2.45, 2.75) is 9.79 Å². The third-order valence-electron chi connectivity index (χ3n) is 3.93. The summed E-state index contributed by atoms with van der Waals surface area (Å²) in [6.45, 7) is 0. The smallest absolute Gasteiger partial charge is 0.130 e. The highest BCUT2D eigenvalue weighted by Gasteiger charge is 2.12. The molecule has 4 aromatic rings. The van der Waals surface area contributed by atoms with Gasteiger partial charge in [-0.3, -0.25) is 0 Å². The average Bonchev–Trinajstić information content (AvgIpc) is 2.60. The van der Waals surface area contributed by atoms with E-state index in [2.05, 4.69) is 0 Å². The molecule has 0 fully saturated rings. The van der Waals surface area contributed by atoms with Gasteiger partial charge in [-0.05, 0) is 34.4 Å². The van der Waals surface area contributed by atoms with Crippen molar-refractivity contribution in [3.05, 3.63) is 72.8 Å². The predicted octanol–water partition coefficient (Wildman–Crippen LogP) is 5.56. The Kier molecular flexibility index (Phi) is 3.36. The topological polar surface area (TPSA) is 40.5 Å². The van der Waals surface area contributed by atoms with E-state index in [0.29, 0.717) is 0 Å². The molecule has 0 aliphatic rings. The second-order valence-electron chi connectivity index (χ2n) is 5.37. The van der Waals surface area contributed by atoms with Crippen LogP contribution < -0.4 is 0 Å². The van der Waals surface area contributed by atoms with Crippen LogP contribution in [0.15, 0.2) is 82.6 Å². The molecule has 0 bridgehead atoms. The number of hydrogen-bond acceptors (Lipinski definition) is 3. The number of aromatic hydroxyl groups is 2. The van der Waals surface area contributed by atoms with Gasteiger partial charge in [-0.15, -0.1) is 0 Å². The molecule has 0 spiro atoms. The second kappa shape index (κ2) is 5.52. The highest BCUT2D eigenvalue weighted by molar-refractivity contribution is 8.00. The van der Waals surface area contributed by atoms with Gasteiger partial charge in [0.05, 0.1) is 4.90 Å². The van der Waals surface area contributed by atoms with Crippen LogP contribution in [0, 0.1) is 0 Å². The molecule has 0 aliphatic carbocycles. The van der Waals surface area contributed by atoms with E-state index >= 15 is 0 Å². The standard InChI is InChI=1S/C20H14O2S/c21-17-11-12-19(16-8-4-3-7-15(16)17)23-20-14-6-2-1-5-13(14)9-10-18(20)22/h1-12,21-22H. The van der Waals surface area contributed by atoms with Gasteiger partial charge in [-0.2, -0.15) is 0 Å². The Morgan fingerprint density at radius 1 is 0.565 bits per heavy atom. The van der Waals surface area contributed by atoms with Crippen LogP contribution in [-0.2, 0) is 0 Å². The van der Waals surface area contributed by atoms with Crippen LogP contribution >= 0.6 is 11.8 Å². The van der Waals surface area contributed by atoms with Gasteiger partial charge in [0.1, 0.15) is 11.5 Å². The van der Waals surface area contributed by atoms with Crippen LogP contribution in [0.2, 0.25) is 0 Å². The maximum atomic E-state index is 10.3. The summed E-state index contributed by atoms with van der Waals surface area (Å²) in [5.41, 5.74) is 0. The summed E-state index contributed by atoms with van der Waals surface area (Å²) < 4.78 is 0. The van der Waals surface area contributed by atoms with Crippen molar-refractivity contribution in [3.63, 3.8) is 0 Å². The Balaban J connectivity index is 1.92. The van der Waals surface area contributed by atoms with E-state index in [9.17, 15) is 10.2 Å². The lowest BCUT2D eigenvalue weighted by molar-refractivity contribution is 0.464. The third-order valence-corrected chi connectivity index (χ3v) is 5.14. The number of rotatable bonds is 2. The van der Waals surface area contributed by atoms with Gasteiger partial charge in [-0.25, -0.2) is 0 Å². The SMILES string of the molecule is Oc1ccc2ccccc2c1Sc1ccc(O)c2ccccc12. The van der Waals surface area contributed by atoms with E-state index in [-0.39, 0.29) is 11.5 Å². The zero-order chi connectivity index (χ0) is 15.8. The highest BCUT2D eigenvalue weighted by Crippen LogP contribution is 2.43. The molecule has 0 amide bonds. The van der Waals surface area contributed by atoms with Crippen molar-refractivity contribution in [1.82, 2.24) is 0 Å². The van der Waals surface area contributed by atoms with E-state index in [4.69, 9.17) is 0 Å². The predicted molar refractivity (Wildman–Crippen MR) is 95.3 cm³/mol. The van der Waals surface area contributed by atoms with E-state index in [1.807, 2.05) is 60.7 Å². The molecule has 0 saturated carbocycles. The molecule has 2 nitrogen and oxygen atoms in total. The lowest BCUT2D eigenvalue weighted by Gasteiger charge is -2.11. The lowest BCUT2D eigenvalue weighted by atomic mass is 10.1. The molecule has 2 N–H and O–H groups in total. The van der Waals surface area contributed by atoms with Crippen LogP contribution in [0.3, 0.4) is 0 Å². The maximum Gasteiger partial charge on any atom is 0.130 e. The van der Waals surface area contributed by atoms with E-state index in [0.717, 1.165) is 31.3 Å². The van der Waals surface area contributed by atoms with E-state index < -0.39 is 0 Å². The van der Waals surface area contributed by atoms with Crippen molar-refractivity contribution < 1.29 is 10.2 Å². The zero-order valence-corrected chi connectivity index (χ0v) is 13.0. The Bertz CT molecular complexity index is 1020. The molecular weight excluding hydrogens is 304 g/mol. The molecule has 4 aromatic carbocycles. The summed E-state index contributed by atoms with van der Waals surface area (Å²) in [6.07, 6.45) is 0. The Morgan fingerprint density at radius 3 is 2.04 bits per heavy atom. The van der Waals surface area contributed by atoms with Crippen LogP contribution in [0.5, 0.6) is 11.5 Å². The Hall–Kier alpha value is -2.65. The van der Waals surface area contributed by atoms with Crippen LogP contribution in [-0.4, -0.2) is 10.2 Å². The molecule has 4 rings (SSSR count). The lowest BCUT2D eigenvalue weighted by Crippen LogP contribution is -1.82. The molecular formula is C20H14O2S. The monoisotopic (exact) mass is 318 g/mol. The van der Waals surface area contributed by atoms with Crippen LogP contribution in [0.4, 0.5) is 0 Å². The Morgan fingerprint density at radius 2 is 1.22 bits per heavy atom. The van der Waals surface area contributed by atoms with Crippen molar-refractivity contribution in [3.8, 4) is 11.5 Å². The molecule has 0 unspecified atom stereocenters. The minimum atomic E-state index is 0.269. The van der Waals surface area contributed by atoms with Gasteiger partial charge in [-0.1, -0.05) is 66.4 Å². The summed E-state index contributed by atoms with van der Waals surface area (Å²) in [5, 5.41) is 24.3. The van der Waals surface area contributed by atoms with Gasteiger partial charge < -0.3 is 10.2 Å². The molecule has 3 heteroatoms. The first kappa shape index (κ1) is 14.0. The largest absolute Gasteiger partial charge is 0.507 e. The number of hydrogen-bond donors (Lipinski definition) is 2. The fraction of sp³-hybridized carbons (Fsp3) is 0. The van der Waals surface area contributed by atoms with Gasteiger partial charge in [0.15, 0.2) is 0 Å². The number of fused-ring (bicyclic) bond motifs is 2. The van der Waals surface area contributed by atoms with Crippen LogP contribution in [0.1, 0.15) is 0 Å². The second-order valence-corrected chi connectivity index (χ2v) is 6.42.